The van der Waals surface area contributed by atoms with Gasteiger partial charge in [-0.05, 0) is 86.3 Å². The number of rotatable bonds is 8. The van der Waals surface area contributed by atoms with Crippen molar-refractivity contribution in [3.8, 4) is 5.88 Å². The van der Waals surface area contributed by atoms with E-state index < -0.39 is 48.6 Å². The zero-order valence-corrected chi connectivity index (χ0v) is 25.7. The Labute approximate surface area is 260 Å². The Hall–Kier alpha value is -3.61. The van der Waals surface area contributed by atoms with E-state index >= 15 is 0 Å². The number of nitrogens with one attached hydrogen (secondary N) is 2. The number of aliphatic imine (C=N–C) groups is 1. The van der Waals surface area contributed by atoms with Gasteiger partial charge in [0.1, 0.15) is 11.7 Å². The summed E-state index contributed by atoms with van der Waals surface area (Å²) < 4.78 is 45.7. The molecule has 1 atom stereocenters. The van der Waals surface area contributed by atoms with Gasteiger partial charge in [0.25, 0.3) is 0 Å². The smallest absolute Gasteiger partial charge is 0.470 e. The molecule has 7 rings (SSSR count). The van der Waals surface area contributed by atoms with Crippen molar-refractivity contribution in [3.05, 3.63) is 79.9 Å². The van der Waals surface area contributed by atoms with Gasteiger partial charge in [-0.15, -0.1) is 0 Å². The van der Waals surface area contributed by atoms with Crippen LogP contribution in [0.15, 0.2) is 40.1 Å². The van der Waals surface area contributed by atoms with E-state index in [0.29, 0.717) is 60.4 Å². The van der Waals surface area contributed by atoms with Crippen LogP contribution in [0.1, 0.15) is 67.0 Å². The van der Waals surface area contributed by atoms with Crippen LogP contribution in [0.5, 0.6) is 5.88 Å². The minimum Gasteiger partial charge on any atom is -0.493 e. The van der Waals surface area contributed by atoms with Crippen LogP contribution in [-0.2, 0) is 13.9 Å². The van der Waals surface area contributed by atoms with Gasteiger partial charge in [-0.2, -0.15) is 0 Å². The molecule has 45 heavy (non-hydrogen) atoms. The predicted octanol–water partition coefficient (Wildman–Crippen LogP) is 5.29. The second-order valence-corrected chi connectivity index (χ2v) is 13.6. The molecule has 1 aliphatic heterocycles. The summed E-state index contributed by atoms with van der Waals surface area (Å²) in [6.45, 7) is 1.97. The van der Waals surface area contributed by atoms with Gasteiger partial charge in [0.2, 0.25) is 11.8 Å². The third kappa shape index (κ3) is 5.91. The number of hydrogen-bond donors (Lipinski definition) is 5. The van der Waals surface area contributed by atoms with Gasteiger partial charge < -0.3 is 25.2 Å². The van der Waals surface area contributed by atoms with Crippen molar-refractivity contribution in [2.24, 2.45) is 10.4 Å². The number of fused-ring (bicyclic) bond motifs is 4. The molecule has 0 spiro atoms. The molecular weight excluding hydrogens is 633 g/mol. The summed E-state index contributed by atoms with van der Waals surface area (Å²) >= 11 is 6.21. The Morgan fingerprint density at radius 1 is 1.18 bits per heavy atom. The number of imidazole rings is 1. The van der Waals surface area contributed by atoms with E-state index in [4.69, 9.17) is 16.1 Å². The van der Waals surface area contributed by atoms with Crippen LogP contribution in [0.2, 0.25) is 5.02 Å². The number of aromatic amines is 1. The molecule has 11 nitrogen and oxygen atoms in total. The zero-order valence-electron chi connectivity index (χ0n) is 24.0. The molecule has 1 amide bonds. The largest absolute Gasteiger partial charge is 0.493 e. The highest BCUT2D eigenvalue weighted by Crippen LogP contribution is 2.58. The minimum atomic E-state index is -4.67. The van der Waals surface area contributed by atoms with Crippen molar-refractivity contribution in [3.63, 3.8) is 0 Å². The molecule has 1 aromatic heterocycles. The van der Waals surface area contributed by atoms with Gasteiger partial charge in [0.05, 0.1) is 11.3 Å². The first kappa shape index (κ1) is 31.4. The number of allylic oxidation sites excluding steroid dienone is 1. The summed E-state index contributed by atoms with van der Waals surface area (Å²) in [5.41, 5.74) is 0.428. The van der Waals surface area contributed by atoms with E-state index in [0.717, 1.165) is 22.3 Å². The van der Waals surface area contributed by atoms with Crippen LogP contribution in [-0.4, -0.2) is 48.7 Å². The predicted molar refractivity (Wildman–Crippen MR) is 162 cm³/mol. The third-order valence-electron chi connectivity index (χ3n) is 9.29. The lowest BCUT2D eigenvalue weighted by molar-refractivity contribution is -0.125. The second-order valence-electron chi connectivity index (χ2n) is 12.0. The minimum absolute atomic E-state index is 0.0261. The number of nitrogens with zero attached hydrogens (tertiary/aromatic N) is 2. The monoisotopic (exact) mass is 662 g/mol. The van der Waals surface area contributed by atoms with Crippen LogP contribution in [0, 0.1) is 24.0 Å². The van der Waals surface area contributed by atoms with Crippen molar-refractivity contribution in [1.29, 1.82) is 0 Å². The SMILES string of the molecule is Cc1c(Cl)ccc2c1N=CC2=Cc1[nH]c(=O)n(C(C(=O)NCC23CCC(OP(=O)(O)O)(CC2)CC3)c2ccc(F)c(F)c2)c1O. The van der Waals surface area contributed by atoms with Crippen molar-refractivity contribution >= 4 is 48.9 Å². The number of carbonyl (C=O) groups excluding carboxylic acids is 1. The highest BCUT2D eigenvalue weighted by molar-refractivity contribution is 7.46. The number of halogens is 3. The molecule has 3 saturated carbocycles. The van der Waals surface area contributed by atoms with Crippen LogP contribution < -0.4 is 11.0 Å². The summed E-state index contributed by atoms with van der Waals surface area (Å²) in [5, 5.41) is 14.6. The number of hydrogen-bond acceptors (Lipinski definition) is 6. The summed E-state index contributed by atoms with van der Waals surface area (Å²) in [6.07, 6.45) is 5.83. The lowest BCUT2D eigenvalue weighted by Gasteiger charge is -2.52. The fourth-order valence-electron chi connectivity index (χ4n) is 6.70. The number of amides is 1. The fourth-order valence-corrected chi connectivity index (χ4v) is 7.63. The van der Waals surface area contributed by atoms with E-state index in [1.54, 1.807) is 18.3 Å². The topological polar surface area (TPSA) is 166 Å². The van der Waals surface area contributed by atoms with Gasteiger partial charge in [-0.1, -0.05) is 23.7 Å². The second kappa shape index (κ2) is 11.3. The number of carbonyl (C=O) groups is 1. The first-order chi connectivity index (χ1) is 21.2. The Bertz CT molecular complexity index is 1860. The molecule has 1 unspecified atom stereocenters. The number of phosphoric acid groups is 1. The maximum absolute atomic E-state index is 14.4. The number of aromatic hydroxyl groups is 1. The molecule has 3 aromatic rings. The molecule has 3 fully saturated rings. The molecule has 3 aliphatic carbocycles. The Morgan fingerprint density at radius 3 is 2.51 bits per heavy atom. The molecule has 5 N–H and O–H groups in total. The summed E-state index contributed by atoms with van der Waals surface area (Å²) in [6, 6.07) is 4.70. The molecular formula is C30H30ClF2N4O7P. The van der Waals surface area contributed by atoms with Gasteiger partial charge >= 0.3 is 13.5 Å². The average Bonchev–Trinajstić information content (AvgIpc) is 3.52. The summed E-state index contributed by atoms with van der Waals surface area (Å²) in [4.78, 5) is 52.7. The number of H-pyrrole nitrogens is 1. The molecule has 15 heteroatoms. The van der Waals surface area contributed by atoms with Gasteiger partial charge in [-0.25, -0.2) is 22.7 Å². The Balaban J connectivity index is 1.30. The number of benzene rings is 2. The van der Waals surface area contributed by atoms with Crippen molar-refractivity contribution < 1.29 is 37.6 Å². The van der Waals surface area contributed by atoms with Crippen molar-refractivity contribution in [2.75, 3.05) is 6.54 Å². The first-order valence-corrected chi connectivity index (χ1v) is 16.2. The van der Waals surface area contributed by atoms with Crippen LogP contribution in [0.3, 0.4) is 0 Å². The molecule has 2 bridgehead atoms. The van der Waals surface area contributed by atoms with Crippen molar-refractivity contribution in [2.45, 2.75) is 57.1 Å². The lowest BCUT2D eigenvalue weighted by atomic mass is 9.58. The highest BCUT2D eigenvalue weighted by atomic mass is 35.5. The Morgan fingerprint density at radius 2 is 1.87 bits per heavy atom. The van der Waals surface area contributed by atoms with Gasteiger partial charge in [0, 0.05) is 28.9 Å². The molecule has 4 aliphatic rings. The van der Waals surface area contributed by atoms with Crippen LogP contribution in [0.25, 0.3) is 11.6 Å². The quantitative estimate of drug-likeness (QED) is 0.205. The molecule has 0 saturated heterocycles. The fraction of sp³-hybridized carbons (Fsp3) is 0.367. The van der Waals surface area contributed by atoms with E-state index in [1.165, 1.54) is 12.1 Å². The third-order valence-corrected chi connectivity index (χ3v) is 10.3. The average molecular weight is 663 g/mol. The normalized spacial score (nSPS) is 23.8. The Kier molecular flexibility index (Phi) is 7.90. The van der Waals surface area contributed by atoms with E-state index in [2.05, 4.69) is 15.3 Å². The summed E-state index contributed by atoms with van der Waals surface area (Å²) in [5.74, 6) is -3.72. The van der Waals surface area contributed by atoms with Crippen LogP contribution in [0.4, 0.5) is 14.5 Å². The highest BCUT2D eigenvalue weighted by Gasteiger charge is 2.52. The number of phosphoric ester groups is 1. The summed E-state index contributed by atoms with van der Waals surface area (Å²) in [7, 11) is -4.67. The molecule has 0 radical (unpaired) electrons. The maximum Gasteiger partial charge on any atom is 0.470 e. The maximum atomic E-state index is 14.4. The molecule has 238 valence electrons. The molecule has 2 aromatic carbocycles. The molecule has 2 heterocycles. The lowest BCUT2D eigenvalue weighted by Crippen LogP contribution is -2.52. The van der Waals surface area contributed by atoms with Crippen LogP contribution >= 0.6 is 19.4 Å². The van der Waals surface area contributed by atoms with Crippen molar-refractivity contribution in [1.82, 2.24) is 14.9 Å². The first-order valence-electron chi connectivity index (χ1n) is 14.3. The standard InChI is InChI=1S/C30H30ClF2N4O7P/c1-16-20(31)4-3-19-18(14-34-24(16)19)13-23-27(39)37(28(40)36-23)25(17-2-5-21(32)22(33)12-17)26(38)35-15-29-6-9-30(10-7-29,11-8-29)44-45(41,42)43/h2-5,12-14,25,39H,6-11,15H2,1H3,(H,35,38)(H,36,40)(H2,41,42,43). The van der Waals surface area contributed by atoms with E-state index in [9.17, 15) is 37.8 Å². The van der Waals surface area contributed by atoms with Gasteiger partial charge in [0.15, 0.2) is 11.6 Å². The zero-order chi connectivity index (χ0) is 32.3. The van der Waals surface area contributed by atoms with Gasteiger partial charge in [-0.3, -0.25) is 14.3 Å². The number of aromatic nitrogens is 2. The van der Waals surface area contributed by atoms with E-state index in [1.807, 2.05) is 6.92 Å². The van der Waals surface area contributed by atoms with E-state index in [-0.39, 0.29) is 23.2 Å².